The second kappa shape index (κ2) is 6.34. The van der Waals surface area contributed by atoms with Gasteiger partial charge in [0.15, 0.2) is 5.01 Å². The molecule has 2 rings (SSSR count). The van der Waals surface area contributed by atoms with Crippen molar-refractivity contribution in [3.8, 4) is 10.4 Å². The summed E-state index contributed by atoms with van der Waals surface area (Å²) in [5.74, 6) is 0. The molecule has 1 N–H and O–H groups in total. The molecule has 0 radical (unpaired) electrons. The maximum Gasteiger partial charge on any atom is 0.443 e. The first kappa shape index (κ1) is 16.3. The third-order valence-corrected chi connectivity index (χ3v) is 4.24. The summed E-state index contributed by atoms with van der Waals surface area (Å²) in [7, 11) is 0. The molecule has 0 amide bonds. The molecular weight excluding hydrogens is 321 g/mol. The van der Waals surface area contributed by atoms with Gasteiger partial charge in [0.05, 0.1) is 4.88 Å². The average Bonchev–Trinajstić information content (AvgIpc) is 2.87. The number of benzene rings is 1. The Labute approximate surface area is 130 Å². The van der Waals surface area contributed by atoms with E-state index in [0.29, 0.717) is 39.4 Å². The largest absolute Gasteiger partial charge is 0.443 e. The number of halogens is 4. The van der Waals surface area contributed by atoms with Gasteiger partial charge in [0, 0.05) is 23.8 Å². The zero-order valence-electron chi connectivity index (χ0n) is 11.5. The maximum atomic E-state index is 12.6. The Morgan fingerprint density at radius 3 is 2.62 bits per heavy atom. The van der Waals surface area contributed by atoms with E-state index in [1.165, 1.54) is 6.20 Å². The topological polar surface area (TPSA) is 24.9 Å². The molecule has 2 nitrogen and oxygen atoms in total. The predicted octanol–water partition coefficient (Wildman–Crippen LogP) is 4.98. The van der Waals surface area contributed by atoms with Crippen LogP contribution in [0.4, 0.5) is 13.2 Å². The van der Waals surface area contributed by atoms with Crippen molar-refractivity contribution >= 4 is 22.9 Å². The first-order valence-corrected chi connectivity index (χ1v) is 7.52. The zero-order valence-corrected chi connectivity index (χ0v) is 13.0. The third-order valence-electron chi connectivity index (χ3n) is 2.78. The lowest BCUT2D eigenvalue weighted by molar-refractivity contribution is -0.137. The van der Waals surface area contributed by atoms with E-state index in [4.69, 9.17) is 11.6 Å². The minimum absolute atomic E-state index is 0.296. The second-order valence-electron chi connectivity index (χ2n) is 4.87. The standard InChI is InChI=1S/C14H14ClF3N2S/c1-8(2)19-6-10-5-9(3-4-11(10)15)12-7-20-13(21-12)14(16,17)18/h3-5,7-8,19H,6H2,1-2H3. The van der Waals surface area contributed by atoms with Crippen molar-refractivity contribution in [3.63, 3.8) is 0 Å². The molecule has 7 heteroatoms. The van der Waals surface area contributed by atoms with Gasteiger partial charge in [0.1, 0.15) is 0 Å². The van der Waals surface area contributed by atoms with Gasteiger partial charge in [-0.25, -0.2) is 4.98 Å². The number of hydrogen-bond acceptors (Lipinski definition) is 3. The highest BCUT2D eigenvalue weighted by Gasteiger charge is 2.34. The van der Waals surface area contributed by atoms with Crippen LogP contribution in [0, 0.1) is 0 Å². The number of rotatable bonds is 4. The Morgan fingerprint density at radius 1 is 1.33 bits per heavy atom. The highest BCUT2D eigenvalue weighted by atomic mass is 35.5. The lowest BCUT2D eigenvalue weighted by Crippen LogP contribution is -2.21. The fraction of sp³-hybridized carbons (Fsp3) is 0.357. The van der Waals surface area contributed by atoms with Crippen molar-refractivity contribution in [2.24, 2.45) is 0 Å². The van der Waals surface area contributed by atoms with E-state index >= 15 is 0 Å². The van der Waals surface area contributed by atoms with Crippen molar-refractivity contribution in [1.82, 2.24) is 10.3 Å². The molecule has 1 aromatic heterocycles. The van der Waals surface area contributed by atoms with E-state index < -0.39 is 11.2 Å². The van der Waals surface area contributed by atoms with Crippen LogP contribution in [0.25, 0.3) is 10.4 Å². The summed E-state index contributed by atoms with van der Waals surface area (Å²) in [5.41, 5.74) is 1.54. The Kier molecular flexibility index (Phi) is 4.91. The van der Waals surface area contributed by atoms with Crippen molar-refractivity contribution in [2.45, 2.75) is 32.6 Å². The lowest BCUT2D eigenvalue weighted by Gasteiger charge is -2.10. The quantitative estimate of drug-likeness (QED) is 0.853. The van der Waals surface area contributed by atoms with Crippen LogP contribution in [0.5, 0.6) is 0 Å². The van der Waals surface area contributed by atoms with Crippen LogP contribution < -0.4 is 5.32 Å². The smallest absolute Gasteiger partial charge is 0.310 e. The summed E-state index contributed by atoms with van der Waals surface area (Å²) in [4.78, 5) is 3.91. The summed E-state index contributed by atoms with van der Waals surface area (Å²) >= 11 is 6.74. The number of aromatic nitrogens is 1. The minimum atomic E-state index is -4.41. The van der Waals surface area contributed by atoms with Gasteiger partial charge in [-0.1, -0.05) is 31.5 Å². The van der Waals surface area contributed by atoms with E-state index in [1.807, 2.05) is 13.8 Å². The molecule has 0 aliphatic rings. The molecule has 0 saturated carbocycles. The number of alkyl halides is 3. The van der Waals surface area contributed by atoms with Gasteiger partial charge in [0.2, 0.25) is 0 Å². The van der Waals surface area contributed by atoms with Crippen molar-refractivity contribution in [2.75, 3.05) is 0 Å². The Hall–Kier alpha value is -1.11. The monoisotopic (exact) mass is 334 g/mol. The molecular formula is C14H14ClF3N2S. The number of hydrogen-bond donors (Lipinski definition) is 1. The second-order valence-corrected chi connectivity index (χ2v) is 6.31. The van der Waals surface area contributed by atoms with E-state index in [-0.39, 0.29) is 0 Å². The van der Waals surface area contributed by atoms with Gasteiger partial charge in [-0.2, -0.15) is 13.2 Å². The molecule has 1 aromatic carbocycles. The average molecular weight is 335 g/mol. The van der Waals surface area contributed by atoms with Crippen molar-refractivity contribution in [3.05, 3.63) is 40.0 Å². The van der Waals surface area contributed by atoms with Crippen molar-refractivity contribution < 1.29 is 13.2 Å². The van der Waals surface area contributed by atoms with Gasteiger partial charge in [-0.15, -0.1) is 11.3 Å². The zero-order chi connectivity index (χ0) is 15.6. The van der Waals surface area contributed by atoms with Crippen LogP contribution in [-0.2, 0) is 12.7 Å². The number of thiazole rings is 1. The van der Waals surface area contributed by atoms with E-state index in [9.17, 15) is 13.2 Å². The van der Waals surface area contributed by atoms with Crippen molar-refractivity contribution in [1.29, 1.82) is 0 Å². The van der Waals surface area contributed by atoms with Gasteiger partial charge < -0.3 is 5.32 Å². The van der Waals surface area contributed by atoms with Crippen LogP contribution in [-0.4, -0.2) is 11.0 Å². The summed E-state index contributed by atoms with van der Waals surface area (Å²) in [6, 6.07) is 5.49. The molecule has 0 bridgehead atoms. The third kappa shape index (κ3) is 4.18. The Balaban J connectivity index is 2.28. The summed E-state index contributed by atoms with van der Waals surface area (Å²) in [5, 5.41) is 2.99. The SMILES string of the molecule is CC(C)NCc1cc(-c2cnc(C(F)(F)F)s2)ccc1Cl. The van der Waals surface area contributed by atoms with Crippen LogP contribution in [0.1, 0.15) is 24.4 Å². The Morgan fingerprint density at radius 2 is 2.05 bits per heavy atom. The number of nitrogens with zero attached hydrogens (tertiary/aromatic N) is 1. The highest BCUT2D eigenvalue weighted by molar-refractivity contribution is 7.15. The lowest BCUT2D eigenvalue weighted by atomic mass is 10.1. The van der Waals surface area contributed by atoms with Crippen LogP contribution in [0.15, 0.2) is 24.4 Å². The summed E-state index contributed by atoms with van der Waals surface area (Å²) in [6.07, 6.45) is -3.16. The molecule has 1 heterocycles. The fourth-order valence-corrected chi connectivity index (χ4v) is 2.68. The highest BCUT2D eigenvalue weighted by Crippen LogP contribution is 2.37. The molecule has 2 aromatic rings. The minimum Gasteiger partial charge on any atom is -0.310 e. The summed E-state index contributed by atoms with van der Waals surface area (Å²) in [6.45, 7) is 4.59. The molecule has 0 saturated heterocycles. The van der Waals surface area contributed by atoms with Gasteiger partial charge in [-0.05, 0) is 23.3 Å². The number of nitrogens with one attached hydrogen (secondary N) is 1. The first-order chi connectivity index (χ1) is 9.77. The van der Waals surface area contributed by atoms with Crippen LogP contribution >= 0.6 is 22.9 Å². The van der Waals surface area contributed by atoms with E-state index in [0.717, 1.165) is 5.56 Å². The van der Waals surface area contributed by atoms with Gasteiger partial charge in [0.25, 0.3) is 0 Å². The maximum absolute atomic E-state index is 12.6. The molecule has 0 spiro atoms. The normalized spacial score (nSPS) is 12.1. The predicted molar refractivity (Wildman–Crippen MR) is 79.5 cm³/mol. The van der Waals surface area contributed by atoms with Gasteiger partial charge >= 0.3 is 6.18 Å². The molecule has 114 valence electrons. The van der Waals surface area contributed by atoms with Gasteiger partial charge in [-0.3, -0.25) is 0 Å². The van der Waals surface area contributed by atoms with E-state index in [1.54, 1.807) is 18.2 Å². The first-order valence-electron chi connectivity index (χ1n) is 6.32. The van der Waals surface area contributed by atoms with Crippen LogP contribution in [0.2, 0.25) is 5.02 Å². The van der Waals surface area contributed by atoms with E-state index in [2.05, 4.69) is 10.3 Å². The van der Waals surface area contributed by atoms with Crippen LogP contribution in [0.3, 0.4) is 0 Å². The molecule has 0 atom stereocenters. The summed E-state index contributed by atoms with van der Waals surface area (Å²) < 4.78 is 37.8. The molecule has 0 aliphatic carbocycles. The Bertz CT molecular complexity index is 623. The molecule has 21 heavy (non-hydrogen) atoms. The molecule has 0 aliphatic heterocycles. The molecule has 0 fully saturated rings. The fourth-order valence-electron chi connectivity index (χ4n) is 1.72. The molecule has 0 unspecified atom stereocenters.